The van der Waals surface area contributed by atoms with Crippen molar-refractivity contribution in [3.05, 3.63) is 48.5 Å². The zero-order valence-corrected chi connectivity index (χ0v) is 11.9. The first-order valence-corrected chi connectivity index (χ1v) is 7.84. The molecular formula is C13H18N4O2S. The number of hydrogen-bond donors (Lipinski definition) is 2. The minimum atomic E-state index is -3.46. The number of aromatic nitrogens is 2. The van der Waals surface area contributed by atoms with Crippen LogP contribution in [-0.4, -0.2) is 24.5 Å². The van der Waals surface area contributed by atoms with Crippen LogP contribution in [0.5, 0.6) is 0 Å². The van der Waals surface area contributed by atoms with Gasteiger partial charge in [-0.05, 0) is 24.1 Å². The summed E-state index contributed by atoms with van der Waals surface area (Å²) in [6.45, 7) is 1.43. The highest BCUT2D eigenvalue weighted by atomic mass is 32.2. The van der Waals surface area contributed by atoms with Crippen LogP contribution >= 0.6 is 0 Å². The summed E-state index contributed by atoms with van der Waals surface area (Å²) in [6.07, 6.45) is 5.95. The van der Waals surface area contributed by atoms with Crippen LogP contribution in [0.1, 0.15) is 12.0 Å². The summed E-state index contributed by atoms with van der Waals surface area (Å²) < 4.78 is 28.7. The maximum atomic E-state index is 12.1. The number of hydrogen-bond acceptors (Lipinski definition) is 4. The number of nitrogens with zero attached hydrogens (tertiary/aromatic N) is 2. The molecule has 0 bridgehead atoms. The van der Waals surface area contributed by atoms with E-state index in [2.05, 4.69) is 9.71 Å². The highest BCUT2D eigenvalue weighted by Gasteiger charge is 2.13. The molecule has 0 spiro atoms. The molecule has 1 heterocycles. The van der Waals surface area contributed by atoms with Crippen molar-refractivity contribution in [3.8, 4) is 0 Å². The van der Waals surface area contributed by atoms with Gasteiger partial charge in [0.25, 0.3) is 0 Å². The molecular weight excluding hydrogens is 276 g/mol. The fourth-order valence-electron chi connectivity index (χ4n) is 1.81. The number of benzene rings is 1. The van der Waals surface area contributed by atoms with Crippen molar-refractivity contribution >= 4 is 10.0 Å². The van der Waals surface area contributed by atoms with Gasteiger partial charge in [0.2, 0.25) is 10.0 Å². The van der Waals surface area contributed by atoms with E-state index in [0.717, 1.165) is 12.1 Å². The second kappa shape index (κ2) is 6.65. The number of nitrogens with two attached hydrogens (primary N) is 1. The van der Waals surface area contributed by atoms with Crippen LogP contribution in [-0.2, 0) is 23.1 Å². The number of sulfonamides is 1. The minimum Gasteiger partial charge on any atom is -0.337 e. The summed E-state index contributed by atoms with van der Waals surface area (Å²) in [5.74, 6) is 0. The molecule has 108 valence electrons. The fraction of sp³-hybridized carbons (Fsp3) is 0.308. The predicted molar refractivity (Wildman–Crippen MR) is 76.4 cm³/mol. The molecule has 0 saturated heterocycles. The summed E-state index contributed by atoms with van der Waals surface area (Å²) in [5, 5.41) is 0. The third kappa shape index (κ3) is 3.89. The van der Waals surface area contributed by atoms with Crippen molar-refractivity contribution in [1.82, 2.24) is 14.3 Å². The molecule has 1 aromatic heterocycles. The molecule has 0 radical (unpaired) electrons. The lowest BCUT2D eigenvalue weighted by Gasteiger charge is -2.08. The first-order valence-electron chi connectivity index (χ1n) is 6.36. The van der Waals surface area contributed by atoms with Gasteiger partial charge in [-0.25, -0.2) is 18.1 Å². The van der Waals surface area contributed by atoms with Crippen LogP contribution in [0.4, 0.5) is 0 Å². The standard InChI is InChI=1S/C13H18N4O2S/c14-10-12-3-1-4-13(9-12)20(18,19)16-5-2-7-17-8-6-15-11-17/h1,3-4,6,8-9,11,16H,2,5,7,10,14H2. The number of imidazole rings is 1. The normalized spacial score (nSPS) is 11.7. The molecule has 2 aromatic rings. The van der Waals surface area contributed by atoms with Crippen molar-refractivity contribution < 1.29 is 8.42 Å². The first kappa shape index (κ1) is 14.7. The van der Waals surface area contributed by atoms with Crippen molar-refractivity contribution in [1.29, 1.82) is 0 Å². The zero-order chi connectivity index (χ0) is 14.4. The second-order valence-corrected chi connectivity index (χ2v) is 6.17. The molecule has 6 nitrogen and oxygen atoms in total. The van der Waals surface area contributed by atoms with E-state index in [1.807, 2.05) is 10.8 Å². The van der Waals surface area contributed by atoms with E-state index in [4.69, 9.17) is 5.73 Å². The molecule has 0 saturated carbocycles. The van der Waals surface area contributed by atoms with Gasteiger partial charge in [0.05, 0.1) is 11.2 Å². The molecule has 20 heavy (non-hydrogen) atoms. The molecule has 0 aliphatic rings. The average Bonchev–Trinajstić information content (AvgIpc) is 2.97. The third-order valence-corrected chi connectivity index (χ3v) is 4.35. The molecule has 1 aromatic carbocycles. The Bertz CT molecular complexity index is 638. The molecule has 0 aliphatic heterocycles. The Morgan fingerprint density at radius 3 is 2.90 bits per heavy atom. The summed E-state index contributed by atoms with van der Waals surface area (Å²) in [4.78, 5) is 4.18. The van der Waals surface area contributed by atoms with E-state index in [1.165, 1.54) is 0 Å². The van der Waals surface area contributed by atoms with E-state index in [-0.39, 0.29) is 4.90 Å². The van der Waals surface area contributed by atoms with E-state index < -0.39 is 10.0 Å². The lowest BCUT2D eigenvalue weighted by atomic mass is 10.2. The average molecular weight is 294 g/mol. The molecule has 0 aliphatic carbocycles. The summed E-state index contributed by atoms with van der Waals surface area (Å²) >= 11 is 0. The zero-order valence-electron chi connectivity index (χ0n) is 11.1. The minimum absolute atomic E-state index is 0.253. The van der Waals surface area contributed by atoms with E-state index in [1.54, 1.807) is 36.8 Å². The Balaban J connectivity index is 1.90. The van der Waals surface area contributed by atoms with Crippen molar-refractivity contribution in [2.45, 2.75) is 24.4 Å². The Hall–Kier alpha value is -1.70. The molecule has 2 rings (SSSR count). The first-order chi connectivity index (χ1) is 9.62. The van der Waals surface area contributed by atoms with Crippen LogP contribution < -0.4 is 10.5 Å². The van der Waals surface area contributed by atoms with Crippen LogP contribution in [0.15, 0.2) is 47.9 Å². The van der Waals surface area contributed by atoms with Gasteiger partial charge in [-0.1, -0.05) is 12.1 Å². The van der Waals surface area contributed by atoms with Crippen molar-refractivity contribution in [2.24, 2.45) is 5.73 Å². The third-order valence-electron chi connectivity index (χ3n) is 2.89. The summed E-state index contributed by atoms with van der Waals surface area (Å²) in [7, 11) is -3.46. The van der Waals surface area contributed by atoms with Crippen molar-refractivity contribution in [3.63, 3.8) is 0 Å². The molecule has 0 fully saturated rings. The van der Waals surface area contributed by atoms with Gasteiger partial charge >= 0.3 is 0 Å². The Labute approximate surface area is 118 Å². The van der Waals surface area contributed by atoms with Crippen LogP contribution in [0.25, 0.3) is 0 Å². The number of rotatable bonds is 7. The molecule has 0 unspecified atom stereocenters. The van der Waals surface area contributed by atoms with E-state index in [0.29, 0.717) is 19.5 Å². The highest BCUT2D eigenvalue weighted by Crippen LogP contribution is 2.11. The SMILES string of the molecule is NCc1cccc(S(=O)(=O)NCCCn2ccnc2)c1. The maximum Gasteiger partial charge on any atom is 0.240 e. The van der Waals surface area contributed by atoms with Gasteiger partial charge in [0.1, 0.15) is 0 Å². The summed E-state index contributed by atoms with van der Waals surface area (Å²) in [6, 6.07) is 6.66. The quantitative estimate of drug-likeness (QED) is 0.736. The second-order valence-electron chi connectivity index (χ2n) is 4.40. The number of aryl methyl sites for hydroxylation is 1. The lowest BCUT2D eigenvalue weighted by molar-refractivity contribution is 0.569. The van der Waals surface area contributed by atoms with Gasteiger partial charge in [-0.2, -0.15) is 0 Å². The van der Waals surface area contributed by atoms with Crippen LogP contribution in [0, 0.1) is 0 Å². The van der Waals surface area contributed by atoms with Gasteiger partial charge in [0, 0.05) is 32.0 Å². The van der Waals surface area contributed by atoms with Crippen LogP contribution in [0.2, 0.25) is 0 Å². The Kier molecular flexibility index (Phi) is 4.89. The van der Waals surface area contributed by atoms with Crippen molar-refractivity contribution in [2.75, 3.05) is 6.54 Å². The number of nitrogens with one attached hydrogen (secondary N) is 1. The van der Waals surface area contributed by atoms with Gasteiger partial charge < -0.3 is 10.3 Å². The Morgan fingerprint density at radius 1 is 1.35 bits per heavy atom. The molecule has 0 atom stereocenters. The van der Waals surface area contributed by atoms with E-state index in [9.17, 15) is 8.42 Å². The fourth-order valence-corrected chi connectivity index (χ4v) is 2.95. The van der Waals surface area contributed by atoms with Gasteiger partial charge in [-0.15, -0.1) is 0 Å². The Morgan fingerprint density at radius 2 is 2.20 bits per heavy atom. The topological polar surface area (TPSA) is 90.0 Å². The lowest BCUT2D eigenvalue weighted by Crippen LogP contribution is -2.25. The summed E-state index contributed by atoms with van der Waals surface area (Å²) in [5.41, 5.74) is 6.31. The molecule has 0 amide bonds. The van der Waals surface area contributed by atoms with Gasteiger partial charge in [0.15, 0.2) is 0 Å². The monoisotopic (exact) mass is 294 g/mol. The van der Waals surface area contributed by atoms with Crippen LogP contribution in [0.3, 0.4) is 0 Å². The maximum absolute atomic E-state index is 12.1. The molecule has 3 N–H and O–H groups in total. The smallest absolute Gasteiger partial charge is 0.240 e. The predicted octanol–water partition coefficient (Wildman–Crippen LogP) is 0.710. The largest absolute Gasteiger partial charge is 0.337 e. The van der Waals surface area contributed by atoms with E-state index >= 15 is 0 Å². The van der Waals surface area contributed by atoms with Gasteiger partial charge in [-0.3, -0.25) is 0 Å². The molecule has 7 heteroatoms. The highest BCUT2D eigenvalue weighted by molar-refractivity contribution is 7.89.